The summed E-state index contributed by atoms with van der Waals surface area (Å²) in [7, 11) is 1.70. The van der Waals surface area contributed by atoms with Crippen LogP contribution in [-0.4, -0.2) is 34.5 Å². The largest absolute Gasteiger partial charge is 0.350 e. The van der Waals surface area contributed by atoms with Crippen molar-refractivity contribution >= 4 is 17.4 Å². The van der Waals surface area contributed by atoms with E-state index in [1.165, 1.54) is 0 Å². The van der Waals surface area contributed by atoms with Crippen LogP contribution < -0.4 is 10.2 Å². The van der Waals surface area contributed by atoms with Crippen molar-refractivity contribution in [2.75, 3.05) is 23.8 Å². The first-order chi connectivity index (χ1) is 13.4. The third-order valence-corrected chi connectivity index (χ3v) is 3.94. The van der Waals surface area contributed by atoms with Crippen LogP contribution in [0.5, 0.6) is 0 Å². The van der Waals surface area contributed by atoms with Crippen LogP contribution in [0.3, 0.4) is 0 Å². The molecule has 0 radical (unpaired) electrons. The average Bonchev–Trinajstić information content (AvgIpc) is 2.67. The highest BCUT2D eigenvalue weighted by Gasteiger charge is 2.14. The van der Waals surface area contributed by atoms with Gasteiger partial charge in [0.25, 0.3) is 0 Å². The van der Waals surface area contributed by atoms with Crippen molar-refractivity contribution in [1.82, 2.24) is 15.0 Å². The maximum atomic E-state index is 13.3. The summed E-state index contributed by atoms with van der Waals surface area (Å²) >= 11 is 0. The number of amides is 1. The van der Waals surface area contributed by atoms with Gasteiger partial charge in [0.05, 0.1) is 6.54 Å². The van der Waals surface area contributed by atoms with Gasteiger partial charge in [-0.15, -0.1) is 0 Å². The Morgan fingerprint density at radius 3 is 2.50 bits per heavy atom. The zero-order chi connectivity index (χ0) is 20.1. The van der Waals surface area contributed by atoms with Crippen molar-refractivity contribution < 1.29 is 13.6 Å². The summed E-state index contributed by atoms with van der Waals surface area (Å²) in [6.45, 7) is 1.92. The van der Waals surface area contributed by atoms with Crippen LogP contribution in [0.25, 0.3) is 11.5 Å². The molecule has 0 atom stereocenters. The molecule has 6 nitrogen and oxygen atoms in total. The maximum absolute atomic E-state index is 13.3. The second-order valence-corrected chi connectivity index (χ2v) is 6.17. The van der Waals surface area contributed by atoms with E-state index in [0.29, 0.717) is 23.8 Å². The lowest BCUT2D eigenvalue weighted by Gasteiger charge is -2.19. The third kappa shape index (κ3) is 4.85. The van der Waals surface area contributed by atoms with Gasteiger partial charge in [0, 0.05) is 36.8 Å². The van der Waals surface area contributed by atoms with Gasteiger partial charge in [-0.3, -0.25) is 9.78 Å². The SMILES string of the molecule is CCc1cc(N(C)CC(=O)Nc2cc(F)cc(F)c2)nc(-c2ccccn2)n1. The Labute approximate surface area is 161 Å². The van der Waals surface area contributed by atoms with Gasteiger partial charge in [-0.2, -0.15) is 0 Å². The third-order valence-electron chi connectivity index (χ3n) is 3.94. The van der Waals surface area contributed by atoms with Gasteiger partial charge in [-0.1, -0.05) is 13.0 Å². The Morgan fingerprint density at radius 2 is 1.86 bits per heavy atom. The fourth-order valence-electron chi connectivity index (χ4n) is 2.59. The molecule has 0 fully saturated rings. The molecule has 1 aromatic carbocycles. The van der Waals surface area contributed by atoms with Crippen LogP contribution in [0.4, 0.5) is 20.3 Å². The lowest BCUT2D eigenvalue weighted by Crippen LogP contribution is -2.31. The zero-order valence-electron chi connectivity index (χ0n) is 15.5. The summed E-state index contributed by atoms with van der Waals surface area (Å²) in [6.07, 6.45) is 2.35. The summed E-state index contributed by atoms with van der Waals surface area (Å²) in [5.74, 6) is -0.926. The summed E-state index contributed by atoms with van der Waals surface area (Å²) in [5.41, 5.74) is 1.50. The van der Waals surface area contributed by atoms with Crippen LogP contribution in [0, 0.1) is 11.6 Å². The van der Waals surface area contributed by atoms with Crippen molar-refractivity contribution in [3.63, 3.8) is 0 Å². The minimum atomic E-state index is -0.757. The molecular formula is C20H19F2N5O. The number of pyridine rings is 1. The number of aromatic nitrogens is 3. The normalized spacial score (nSPS) is 10.6. The summed E-state index contributed by atoms with van der Waals surface area (Å²) < 4.78 is 26.5. The molecule has 2 aromatic heterocycles. The number of carbonyl (C=O) groups is 1. The molecule has 0 saturated carbocycles. The zero-order valence-corrected chi connectivity index (χ0v) is 15.5. The number of likely N-dealkylation sites (N-methyl/N-ethyl adjacent to an activating group) is 1. The number of anilines is 2. The molecule has 0 saturated heterocycles. The number of aryl methyl sites for hydroxylation is 1. The number of carbonyl (C=O) groups excluding carboxylic acids is 1. The van der Waals surface area contributed by atoms with Crippen LogP contribution in [0.2, 0.25) is 0 Å². The highest BCUT2D eigenvalue weighted by atomic mass is 19.1. The number of rotatable bonds is 6. The van der Waals surface area contributed by atoms with Gasteiger partial charge in [-0.25, -0.2) is 18.7 Å². The van der Waals surface area contributed by atoms with Gasteiger partial charge >= 0.3 is 0 Å². The smallest absolute Gasteiger partial charge is 0.243 e. The standard InChI is InChI=1S/C20H19F2N5O/c1-3-15-11-18(26-20(25-15)17-6-4-5-7-23-17)27(2)12-19(28)24-16-9-13(21)8-14(22)10-16/h4-11H,3,12H2,1-2H3,(H,24,28). The Morgan fingerprint density at radius 1 is 1.11 bits per heavy atom. The second kappa shape index (κ2) is 8.51. The van der Waals surface area contributed by atoms with E-state index >= 15 is 0 Å². The fraction of sp³-hybridized carbons (Fsp3) is 0.200. The molecule has 1 N–H and O–H groups in total. The minimum absolute atomic E-state index is 0.0556. The number of hydrogen-bond acceptors (Lipinski definition) is 5. The number of nitrogens with one attached hydrogen (secondary N) is 1. The number of benzene rings is 1. The molecular weight excluding hydrogens is 364 g/mol. The predicted octanol–water partition coefficient (Wildman–Crippen LogP) is 3.45. The van der Waals surface area contributed by atoms with Crippen molar-refractivity contribution in [1.29, 1.82) is 0 Å². The quantitative estimate of drug-likeness (QED) is 0.706. The van der Waals surface area contributed by atoms with Crippen LogP contribution in [0.1, 0.15) is 12.6 Å². The monoisotopic (exact) mass is 383 g/mol. The van der Waals surface area contributed by atoms with Crippen molar-refractivity contribution in [2.24, 2.45) is 0 Å². The van der Waals surface area contributed by atoms with E-state index < -0.39 is 17.5 Å². The molecule has 3 rings (SSSR count). The molecule has 0 spiro atoms. The van der Waals surface area contributed by atoms with E-state index in [9.17, 15) is 13.6 Å². The first kappa shape index (κ1) is 19.3. The molecule has 0 aliphatic heterocycles. The van der Waals surface area contributed by atoms with Gasteiger partial charge in [0.1, 0.15) is 23.1 Å². The summed E-state index contributed by atoms with van der Waals surface area (Å²) in [4.78, 5) is 27.2. The van der Waals surface area contributed by atoms with Crippen LogP contribution >= 0.6 is 0 Å². The van der Waals surface area contributed by atoms with E-state index in [1.807, 2.05) is 19.1 Å². The van der Waals surface area contributed by atoms with E-state index in [1.54, 1.807) is 30.3 Å². The number of hydrogen-bond donors (Lipinski definition) is 1. The Balaban J connectivity index is 1.77. The Kier molecular flexibility index (Phi) is 5.88. The van der Waals surface area contributed by atoms with Crippen LogP contribution in [0.15, 0.2) is 48.7 Å². The predicted molar refractivity (Wildman–Crippen MR) is 103 cm³/mol. The lowest BCUT2D eigenvalue weighted by atomic mass is 10.2. The summed E-state index contributed by atoms with van der Waals surface area (Å²) in [6, 6.07) is 10.1. The molecule has 0 aliphatic carbocycles. The first-order valence-corrected chi connectivity index (χ1v) is 8.71. The molecule has 2 heterocycles. The number of halogens is 2. The first-order valence-electron chi connectivity index (χ1n) is 8.71. The van der Waals surface area contributed by atoms with Crippen LogP contribution in [-0.2, 0) is 11.2 Å². The van der Waals surface area contributed by atoms with Gasteiger partial charge in [0.2, 0.25) is 5.91 Å². The molecule has 0 bridgehead atoms. The minimum Gasteiger partial charge on any atom is -0.350 e. The summed E-state index contributed by atoms with van der Waals surface area (Å²) in [5, 5.41) is 2.48. The molecule has 144 valence electrons. The molecule has 1 amide bonds. The second-order valence-electron chi connectivity index (χ2n) is 6.17. The Hall–Kier alpha value is -3.42. The average molecular weight is 383 g/mol. The topological polar surface area (TPSA) is 71.0 Å². The van der Waals surface area contributed by atoms with E-state index in [2.05, 4.69) is 20.3 Å². The molecule has 28 heavy (non-hydrogen) atoms. The lowest BCUT2D eigenvalue weighted by molar-refractivity contribution is -0.114. The van der Waals surface area contributed by atoms with Gasteiger partial charge in [-0.05, 0) is 30.7 Å². The van der Waals surface area contributed by atoms with Crippen molar-refractivity contribution in [3.8, 4) is 11.5 Å². The molecule has 0 unspecified atom stereocenters. The van der Waals surface area contributed by atoms with E-state index in [0.717, 1.165) is 23.9 Å². The molecule has 3 aromatic rings. The van der Waals surface area contributed by atoms with E-state index in [-0.39, 0.29) is 12.2 Å². The number of nitrogens with zero attached hydrogens (tertiary/aromatic N) is 4. The van der Waals surface area contributed by atoms with Gasteiger partial charge < -0.3 is 10.2 Å². The fourth-order valence-corrected chi connectivity index (χ4v) is 2.59. The highest BCUT2D eigenvalue weighted by molar-refractivity contribution is 5.93. The van der Waals surface area contributed by atoms with Crippen molar-refractivity contribution in [3.05, 3.63) is 66.0 Å². The maximum Gasteiger partial charge on any atom is 0.243 e. The Bertz CT molecular complexity index is 961. The van der Waals surface area contributed by atoms with Crippen molar-refractivity contribution in [2.45, 2.75) is 13.3 Å². The molecule has 0 aliphatic rings. The molecule has 8 heteroatoms. The highest BCUT2D eigenvalue weighted by Crippen LogP contribution is 2.19. The van der Waals surface area contributed by atoms with Gasteiger partial charge in [0.15, 0.2) is 5.82 Å². The van der Waals surface area contributed by atoms with E-state index in [4.69, 9.17) is 0 Å².